The van der Waals surface area contributed by atoms with E-state index in [1.54, 1.807) is 62.6 Å². The molecule has 42 heavy (non-hydrogen) atoms. The number of piperazine rings is 1. The van der Waals surface area contributed by atoms with Crippen molar-refractivity contribution in [3.63, 3.8) is 0 Å². The van der Waals surface area contributed by atoms with Crippen molar-refractivity contribution in [2.45, 2.75) is 6.92 Å². The molecule has 1 saturated heterocycles. The second kappa shape index (κ2) is 12.4. The van der Waals surface area contributed by atoms with Crippen LogP contribution in [-0.2, 0) is 4.79 Å². The molecule has 0 spiro atoms. The number of benzene rings is 3. The number of nitrogens with zero attached hydrogens (tertiary/aromatic N) is 3. The van der Waals surface area contributed by atoms with Crippen molar-refractivity contribution >= 4 is 35.0 Å². The fourth-order valence-electron chi connectivity index (χ4n) is 4.77. The summed E-state index contributed by atoms with van der Waals surface area (Å²) in [5.74, 6) is 1.13. The summed E-state index contributed by atoms with van der Waals surface area (Å²) in [7, 11) is 1.59. The molecule has 0 radical (unpaired) electrons. The van der Waals surface area contributed by atoms with Crippen molar-refractivity contribution in [2.24, 2.45) is 0 Å². The minimum atomic E-state index is -0.440. The normalized spacial score (nSPS) is 13.3. The summed E-state index contributed by atoms with van der Waals surface area (Å²) in [6, 6.07) is 22.9. The Morgan fingerprint density at radius 1 is 0.952 bits per heavy atom. The van der Waals surface area contributed by atoms with Crippen LogP contribution in [0.15, 0.2) is 89.4 Å². The van der Waals surface area contributed by atoms with Gasteiger partial charge in [-0.3, -0.25) is 19.7 Å². The number of nitrogens with one attached hydrogen (secondary N) is 1. The summed E-state index contributed by atoms with van der Waals surface area (Å²) in [5, 5.41) is 14.3. The number of hydrogen-bond acceptors (Lipinski definition) is 7. The van der Waals surface area contributed by atoms with E-state index in [-0.39, 0.29) is 17.5 Å². The van der Waals surface area contributed by atoms with Gasteiger partial charge in [0.2, 0.25) is 5.91 Å². The Morgan fingerprint density at radius 2 is 1.67 bits per heavy atom. The van der Waals surface area contributed by atoms with E-state index in [2.05, 4.69) is 10.2 Å². The van der Waals surface area contributed by atoms with E-state index in [9.17, 15) is 19.7 Å². The third-order valence-corrected chi connectivity index (χ3v) is 7.04. The first-order valence-corrected chi connectivity index (χ1v) is 13.4. The maximum absolute atomic E-state index is 12.8. The number of carbonyl (C=O) groups is 2. The van der Waals surface area contributed by atoms with Crippen LogP contribution in [0.4, 0.5) is 17.1 Å². The zero-order chi connectivity index (χ0) is 29.6. The quantitative estimate of drug-likeness (QED) is 0.163. The zero-order valence-electron chi connectivity index (χ0n) is 23.3. The number of amides is 2. The predicted octanol–water partition coefficient (Wildman–Crippen LogP) is 5.79. The zero-order valence-corrected chi connectivity index (χ0v) is 23.3. The molecule has 3 aromatic carbocycles. The van der Waals surface area contributed by atoms with Gasteiger partial charge in [-0.1, -0.05) is 6.07 Å². The van der Waals surface area contributed by atoms with Gasteiger partial charge in [0.1, 0.15) is 17.3 Å². The number of ether oxygens (including phenoxy) is 1. The monoisotopic (exact) mass is 566 g/mol. The molecular weight excluding hydrogens is 536 g/mol. The van der Waals surface area contributed by atoms with E-state index in [4.69, 9.17) is 9.15 Å². The minimum absolute atomic E-state index is 0.00523. The Hall–Kier alpha value is -5.38. The van der Waals surface area contributed by atoms with Crippen molar-refractivity contribution < 1.29 is 23.7 Å². The Balaban J connectivity index is 1.13. The van der Waals surface area contributed by atoms with Crippen LogP contribution in [-0.4, -0.2) is 54.9 Å². The van der Waals surface area contributed by atoms with Gasteiger partial charge >= 0.3 is 0 Å². The molecule has 5 rings (SSSR count). The van der Waals surface area contributed by atoms with Gasteiger partial charge in [0.25, 0.3) is 11.6 Å². The van der Waals surface area contributed by atoms with Crippen LogP contribution in [0.2, 0.25) is 0 Å². The maximum atomic E-state index is 12.8. The number of anilines is 2. The van der Waals surface area contributed by atoms with Crippen LogP contribution in [0.3, 0.4) is 0 Å². The van der Waals surface area contributed by atoms with Crippen molar-refractivity contribution in [1.82, 2.24) is 4.90 Å². The van der Waals surface area contributed by atoms with Gasteiger partial charge in [0.05, 0.1) is 17.6 Å². The van der Waals surface area contributed by atoms with Crippen LogP contribution in [0.1, 0.15) is 21.7 Å². The molecule has 0 unspecified atom stereocenters. The molecule has 1 N–H and O–H groups in total. The molecule has 2 heterocycles. The summed E-state index contributed by atoms with van der Waals surface area (Å²) in [6.07, 6.45) is 2.86. The van der Waals surface area contributed by atoms with Gasteiger partial charge in [0.15, 0.2) is 0 Å². The molecule has 1 fully saturated rings. The molecule has 0 aliphatic carbocycles. The lowest BCUT2D eigenvalue weighted by atomic mass is 10.1. The third kappa shape index (κ3) is 6.49. The number of furan rings is 1. The molecule has 0 bridgehead atoms. The first kappa shape index (κ1) is 28.2. The number of methoxy groups -OCH3 is 1. The van der Waals surface area contributed by atoms with Crippen LogP contribution < -0.4 is 15.0 Å². The molecule has 0 saturated carbocycles. The SMILES string of the molecule is COc1ccc(C(=O)N2CCN(c3ccc(NC(=O)/C=C/c4ccc(-c5ccc(C)cc5[N+](=O)[O-])o4)cc3)CC2)cc1. The van der Waals surface area contributed by atoms with Crippen molar-refractivity contribution in [3.8, 4) is 17.1 Å². The molecule has 0 atom stereocenters. The molecular formula is C32H30N4O6. The van der Waals surface area contributed by atoms with Gasteiger partial charge in [-0.15, -0.1) is 0 Å². The highest BCUT2D eigenvalue weighted by Crippen LogP contribution is 2.32. The van der Waals surface area contributed by atoms with Gasteiger partial charge < -0.3 is 24.3 Å². The molecule has 1 aliphatic rings. The van der Waals surface area contributed by atoms with E-state index < -0.39 is 4.92 Å². The summed E-state index contributed by atoms with van der Waals surface area (Å²) in [5.41, 5.74) is 3.40. The van der Waals surface area contributed by atoms with Gasteiger partial charge in [0, 0.05) is 55.3 Å². The van der Waals surface area contributed by atoms with Gasteiger partial charge in [-0.2, -0.15) is 0 Å². The minimum Gasteiger partial charge on any atom is -0.497 e. The number of hydrogen-bond donors (Lipinski definition) is 1. The van der Waals surface area contributed by atoms with Crippen LogP contribution in [0.5, 0.6) is 5.75 Å². The predicted molar refractivity (Wildman–Crippen MR) is 161 cm³/mol. The van der Waals surface area contributed by atoms with Crippen LogP contribution in [0.25, 0.3) is 17.4 Å². The molecule has 2 amide bonds. The fraction of sp³-hybridized carbons (Fsp3) is 0.188. The number of rotatable bonds is 8. The number of nitro benzene ring substituents is 1. The number of aryl methyl sites for hydroxylation is 1. The Kier molecular flexibility index (Phi) is 8.33. The van der Waals surface area contributed by atoms with E-state index in [1.807, 2.05) is 29.2 Å². The van der Waals surface area contributed by atoms with E-state index >= 15 is 0 Å². The first-order valence-electron chi connectivity index (χ1n) is 13.4. The topological polar surface area (TPSA) is 118 Å². The summed E-state index contributed by atoms with van der Waals surface area (Å²) in [6.45, 7) is 4.41. The van der Waals surface area contributed by atoms with E-state index in [0.29, 0.717) is 60.3 Å². The van der Waals surface area contributed by atoms with Crippen LogP contribution >= 0.6 is 0 Å². The lowest BCUT2D eigenvalue weighted by Crippen LogP contribution is -2.48. The number of nitro groups is 1. The smallest absolute Gasteiger partial charge is 0.280 e. The number of carbonyl (C=O) groups excluding carboxylic acids is 2. The molecule has 10 nitrogen and oxygen atoms in total. The maximum Gasteiger partial charge on any atom is 0.280 e. The standard InChI is InChI=1S/C32H30N4O6/c1-22-3-14-28(29(21-22)36(39)40)30-15-12-27(42-30)13-16-31(37)33-24-6-8-25(9-7-24)34-17-19-35(20-18-34)32(38)23-4-10-26(41-2)11-5-23/h3-16,21H,17-20H2,1-2H3,(H,33,37)/b16-13+. The van der Waals surface area contributed by atoms with Crippen LogP contribution in [0, 0.1) is 17.0 Å². The first-order chi connectivity index (χ1) is 20.3. The summed E-state index contributed by atoms with van der Waals surface area (Å²) < 4.78 is 10.9. The van der Waals surface area contributed by atoms with Crippen molar-refractivity contribution in [2.75, 3.05) is 43.5 Å². The molecule has 1 aliphatic heterocycles. The largest absolute Gasteiger partial charge is 0.497 e. The lowest BCUT2D eigenvalue weighted by Gasteiger charge is -2.36. The average Bonchev–Trinajstić information content (AvgIpc) is 3.49. The highest BCUT2D eigenvalue weighted by atomic mass is 16.6. The fourth-order valence-corrected chi connectivity index (χ4v) is 4.77. The molecule has 214 valence electrons. The highest BCUT2D eigenvalue weighted by molar-refractivity contribution is 6.01. The molecule has 4 aromatic rings. The molecule has 10 heteroatoms. The summed E-state index contributed by atoms with van der Waals surface area (Å²) in [4.78, 5) is 40.4. The molecule has 1 aromatic heterocycles. The van der Waals surface area contributed by atoms with Gasteiger partial charge in [-0.25, -0.2) is 0 Å². The second-order valence-electron chi connectivity index (χ2n) is 9.86. The average molecular weight is 567 g/mol. The lowest BCUT2D eigenvalue weighted by molar-refractivity contribution is -0.384. The second-order valence-corrected chi connectivity index (χ2v) is 9.86. The third-order valence-electron chi connectivity index (χ3n) is 7.04. The highest BCUT2D eigenvalue weighted by Gasteiger charge is 2.22. The Morgan fingerprint density at radius 3 is 2.33 bits per heavy atom. The van der Waals surface area contributed by atoms with Crippen molar-refractivity contribution in [3.05, 3.63) is 112 Å². The van der Waals surface area contributed by atoms with E-state index in [0.717, 1.165) is 11.3 Å². The van der Waals surface area contributed by atoms with Crippen molar-refractivity contribution in [1.29, 1.82) is 0 Å². The Labute approximate surface area is 243 Å². The van der Waals surface area contributed by atoms with E-state index in [1.165, 1.54) is 18.2 Å². The van der Waals surface area contributed by atoms with Gasteiger partial charge in [-0.05, 0) is 85.3 Å². The summed E-state index contributed by atoms with van der Waals surface area (Å²) >= 11 is 0. The Bertz CT molecular complexity index is 1620.